The fraction of sp³-hybridized carbons (Fsp3) is 0.176. The average Bonchev–Trinajstić information content (AvgIpc) is 2.87. The number of carbonyl (C=O) groups excluding carboxylic acids is 1. The van der Waals surface area contributed by atoms with Crippen LogP contribution >= 0.6 is 0 Å². The molecule has 4 nitrogen and oxygen atoms in total. The molecule has 1 aromatic carbocycles. The molecular weight excluding hydrogens is 262 g/mol. The van der Waals surface area contributed by atoms with Gasteiger partial charge >= 0.3 is 0 Å². The summed E-state index contributed by atoms with van der Waals surface area (Å²) < 4.78 is 1.91. The molecule has 1 amide bonds. The zero-order valence-corrected chi connectivity index (χ0v) is 12.3. The van der Waals surface area contributed by atoms with E-state index in [9.17, 15) is 4.79 Å². The number of anilines is 1. The largest absolute Gasteiger partial charge is 0.320 e. The molecule has 2 heterocycles. The van der Waals surface area contributed by atoms with Gasteiger partial charge in [-0.25, -0.2) is 4.98 Å². The number of amides is 1. The van der Waals surface area contributed by atoms with Crippen molar-refractivity contribution in [3.05, 3.63) is 65.1 Å². The number of rotatable bonds is 2. The summed E-state index contributed by atoms with van der Waals surface area (Å²) in [5, 5.41) is 2.92. The van der Waals surface area contributed by atoms with Gasteiger partial charge in [-0.3, -0.25) is 4.79 Å². The summed E-state index contributed by atoms with van der Waals surface area (Å²) in [5.74, 6) is -0.190. The van der Waals surface area contributed by atoms with Gasteiger partial charge in [0, 0.05) is 17.6 Å². The summed E-state index contributed by atoms with van der Waals surface area (Å²) in [7, 11) is 0. The molecule has 0 aliphatic heterocycles. The van der Waals surface area contributed by atoms with Crippen LogP contribution in [0.25, 0.3) is 5.65 Å². The van der Waals surface area contributed by atoms with Crippen molar-refractivity contribution in [2.24, 2.45) is 0 Å². The summed E-state index contributed by atoms with van der Waals surface area (Å²) >= 11 is 0. The second-order valence-corrected chi connectivity index (χ2v) is 5.29. The first-order valence-corrected chi connectivity index (χ1v) is 6.88. The van der Waals surface area contributed by atoms with E-state index in [0.717, 1.165) is 22.6 Å². The first-order valence-electron chi connectivity index (χ1n) is 6.88. The first kappa shape index (κ1) is 13.4. The quantitative estimate of drug-likeness (QED) is 0.780. The topological polar surface area (TPSA) is 46.4 Å². The van der Waals surface area contributed by atoms with Gasteiger partial charge in [0.2, 0.25) is 0 Å². The highest BCUT2D eigenvalue weighted by atomic mass is 16.1. The van der Waals surface area contributed by atoms with Crippen LogP contribution in [0.3, 0.4) is 0 Å². The lowest BCUT2D eigenvalue weighted by molar-refractivity contribution is 0.102. The van der Waals surface area contributed by atoms with Gasteiger partial charge in [-0.2, -0.15) is 0 Å². The van der Waals surface area contributed by atoms with Crippen molar-refractivity contribution in [3.63, 3.8) is 0 Å². The summed E-state index contributed by atoms with van der Waals surface area (Å²) in [6.45, 7) is 6.00. The summed E-state index contributed by atoms with van der Waals surface area (Å²) in [4.78, 5) is 16.7. The molecule has 0 atom stereocenters. The molecule has 4 heteroatoms. The molecule has 1 N–H and O–H groups in total. The normalized spacial score (nSPS) is 10.8. The zero-order valence-electron chi connectivity index (χ0n) is 12.3. The lowest BCUT2D eigenvalue weighted by atomic mass is 10.1. The predicted molar refractivity (Wildman–Crippen MR) is 83.8 cm³/mol. The number of hydrogen-bond acceptors (Lipinski definition) is 2. The third-order valence-corrected chi connectivity index (χ3v) is 3.56. The second-order valence-electron chi connectivity index (χ2n) is 5.29. The number of carbonyl (C=O) groups is 1. The van der Waals surface area contributed by atoms with Gasteiger partial charge in [-0.05, 0) is 44.5 Å². The van der Waals surface area contributed by atoms with Gasteiger partial charge in [0.1, 0.15) is 11.3 Å². The van der Waals surface area contributed by atoms with Crippen molar-refractivity contribution < 1.29 is 4.79 Å². The van der Waals surface area contributed by atoms with Crippen molar-refractivity contribution in [2.45, 2.75) is 20.8 Å². The second kappa shape index (κ2) is 5.05. The molecule has 3 rings (SSSR count). The van der Waals surface area contributed by atoms with Crippen molar-refractivity contribution in [2.75, 3.05) is 5.32 Å². The van der Waals surface area contributed by atoms with Crippen molar-refractivity contribution >= 4 is 17.2 Å². The summed E-state index contributed by atoms with van der Waals surface area (Å²) in [5.41, 5.74) is 5.28. The number of pyridine rings is 1. The molecule has 0 bridgehead atoms. The van der Waals surface area contributed by atoms with E-state index in [-0.39, 0.29) is 5.91 Å². The highest BCUT2D eigenvalue weighted by molar-refractivity contribution is 6.03. The summed E-state index contributed by atoms with van der Waals surface area (Å²) in [6, 6.07) is 11.8. The molecule has 0 unspecified atom stereocenters. The number of imidazole rings is 1. The van der Waals surface area contributed by atoms with Crippen LogP contribution in [0.15, 0.2) is 42.6 Å². The van der Waals surface area contributed by atoms with Crippen LogP contribution < -0.4 is 5.32 Å². The molecule has 0 fully saturated rings. The fourth-order valence-corrected chi connectivity index (χ4v) is 2.40. The zero-order chi connectivity index (χ0) is 15.0. The number of nitrogens with one attached hydrogen (secondary N) is 1. The van der Waals surface area contributed by atoms with Gasteiger partial charge < -0.3 is 9.72 Å². The Morgan fingerprint density at radius 3 is 2.67 bits per heavy atom. The molecule has 3 aromatic rings. The Labute approximate surface area is 123 Å². The molecule has 2 aromatic heterocycles. The Kier molecular flexibility index (Phi) is 3.22. The van der Waals surface area contributed by atoms with Crippen molar-refractivity contribution in [1.29, 1.82) is 0 Å². The van der Waals surface area contributed by atoms with E-state index in [2.05, 4.69) is 10.3 Å². The number of aromatic nitrogens is 2. The Balaban J connectivity index is 1.92. The van der Waals surface area contributed by atoms with E-state index in [1.807, 2.05) is 61.6 Å². The Morgan fingerprint density at radius 2 is 1.95 bits per heavy atom. The first-order chi connectivity index (χ1) is 10.0. The molecule has 0 saturated heterocycles. The molecule has 0 spiro atoms. The van der Waals surface area contributed by atoms with E-state index in [0.29, 0.717) is 5.69 Å². The molecule has 0 aliphatic carbocycles. The van der Waals surface area contributed by atoms with Crippen LogP contribution in [0.1, 0.15) is 27.3 Å². The van der Waals surface area contributed by atoms with E-state index in [1.165, 1.54) is 5.56 Å². The predicted octanol–water partition coefficient (Wildman–Crippen LogP) is 3.51. The van der Waals surface area contributed by atoms with E-state index in [1.54, 1.807) is 6.20 Å². The van der Waals surface area contributed by atoms with E-state index >= 15 is 0 Å². The van der Waals surface area contributed by atoms with Crippen LogP contribution in [0, 0.1) is 20.8 Å². The number of nitrogens with zero attached hydrogens (tertiary/aromatic N) is 2. The Hall–Kier alpha value is -2.62. The lowest BCUT2D eigenvalue weighted by Gasteiger charge is -2.07. The molecule has 106 valence electrons. The van der Waals surface area contributed by atoms with Gasteiger partial charge in [0.25, 0.3) is 5.91 Å². The maximum atomic E-state index is 12.3. The van der Waals surface area contributed by atoms with Gasteiger partial charge in [-0.1, -0.05) is 23.8 Å². The van der Waals surface area contributed by atoms with Gasteiger partial charge in [0.15, 0.2) is 0 Å². The third-order valence-electron chi connectivity index (χ3n) is 3.56. The summed E-state index contributed by atoms with van der Waals surface area (Å²) in [6.07, 6.45) is 1.77. The Morgan fingerprint density at radius 1 is 1.14 bits per heavy atom. The maximum absolute atomic E-state index is 12.3. The van der Waals surface area contributed by atoms with Gasteiger partial charge in [-0.15, -0.1) is 0 Å². The fourth-order valence-electron chi connectivity index (χ4n) is 2.40. The van der Waals surface area contributed by atoms with Crippen LogP contribution in [0.5, 0.6) is 0 Å². The molecule has 0 aliphatic rings. The third kappa shape index (κ3) is 2.52. The van der Waals surface area contributed by atoms with Crippen LogP contribution in [-0.2, 0) is 0 Å². The van der Waals surface area contributed by atoms with E-state index in [4.69, 9.17) is 0 Å². The number of aryl methyl sites for hydroxylation is 3. The van der Waals surface area contributed by atoms with E-state index < -0.39 is 0 Å². The highest BCUT2D eigenvalue weighted by Gasteiger charge is 2.12. The van der Waals surface area contributed by atoms with Crippen molar-refractivity contribution in [1.82, 2.24) is 9.38 Å². The monoisotopic (exact) mass is 279 g/mol. The smallest absolute Gasteiger partial charge is 0.275 e. The number of benzene rings is 1. The minimum atomic E-state index is -0.190. The van der Waals surface area contributed by atoms with Crippen LogP contribution in [0.4, 0.5) is 5.69 Å². The van der Waals surface area contributed by atoms with Crippen molar-refractivity contribution in [3.8, 4) is 0 Å². The minimum Gasteiger partial charge on any atom is -0.320 e. The number of fused-ring (bicyclic) bond motifs is 1. The van der Waals surface area contributed by atoms with Crippen LogP contribution in [-0.4, -0.2) is 15.3 Å². The van der Waals surface area contributed by atoms with Crippen LogP contribution in [0.2, 0.25) is 0 Å². The Bertz CT molecular complexity index is 833. The molecular formula is C17H17N3O. The maximum Gasteiger partial charge on any atom is 0.275 e. The average molecular weight is 279 g/mol. The standard InChI is InChI=1S/C17H17N3O/c1-11-7-8-14(12(2)9-11)19-17(21)15-10-20-13(3)5-4-6-16(20)18-15/h4-10H,1-3H3,(H,19,21). The van der Waals surface area contributed by atoms with Gasteiger partial charge in [0.05, 0.1) is 0 Å². The number of hydrogen-bond donors (Lipinski definition) is 1. The SMILES string of the molecule is Cc1ccc(NC(=O)c2cn3c(C)cccc3n2)c(C)c1. The molecule has 0 saturated carbocycles. The minimum absolute atomic E-state index is 0.190. The lowest BCUT2D eigenvalue weighted by Crippen LogP contribution is -2.13. The molecule has 0 radical (unpaired) electrons. The molecule has 21 heavy (non-hydrogen) atoms. The highest BCUT2D eigenvalue weighted by Crippen LogP contribution is 2.17.